The van der Waals surface area contributed by atoms with Gasteiger partial charge in [-0.15, -0.1) is 0 Å². The van der Waals surface area contributed by atoms with Crippen LogP contribution in [0.4, 0.5) is 5.69 Å². The SMILES string of the molecule is COc1cccc(C(=O)Nc2ccc3c(c2)C(=O)N(C)C[C@@H](OC)[C@H](C)CN(C(=O)C2CCCC2)[C@@H](C)CO3)c1. The fraction of sp³-hybridized carbons (Fsp3) is 0.516. The third-order valence-electron chi connectivity index (χ3n) is 8.02. The van der Waals surface area contributed by atoms with E-state index in [4.69, 9.17) is 14.2 Å². The Labute approximate surface area is 236 Å². The van der Waals surface area contributed by atoms with Crippen molar-refractivity contribution in [2.24, 2.45) is 11.8 Å². The number of nitrogens with one attached hydrogen (secondary N) is 1. The van der Waals surface area contributed by atoms with E-state index in [1.165, 1.54) is 0 Å². The molecule has 40 heavy (non-hydrogen) atoms. The van der Waals surface area contributed by atoms with Crippen LogP contribution in [0.3, 0.4) is 0 Å². The van der Waals surface area contributed by atoms with Gasteiger partial charge in [0.25, 0.3) is 11.8 Å². The van der Waals surface area contributed by atoms with Crippen LogP contribution in [0.15, 0.2) is 42.5 Å². The summed E-state index contributed by atoms with van der Waals surface area (Å²) < 4.78 is 17.2. The van der Waals surface area contributed by atoms with Crippen LogP contribution < -0.4 is 14.8 Å². The van der Waals surface area contributed by atoms with E-state index in [1.807, 2.05) is 11.8 Å². The number of rotatable bonds is 5. The summed E-state index contributed by atoms with van der Waals surface area (Å²) in [5, 5.41) is 2.87. The average molecular weight is 552 g/mol. The Kier molecular flexibility index (Phi) is 9.68. The zero-order valence-corrected chi connectivity index (χ0v) is 24.1. The minimum atomic E-state index is -0.323. The molecule has 1 aliphatic heterocycles. The van der Waals surface area contributed by atoms with Gasteiger partial charge in [0.2, 0.25) is 5.91 Å². The van der Waals surface area contributed by atoms with Gasteiger partial charge in [-0.2, -0.15) is 0 Å². The number of likely N-dealkylation sites (N-methyl/N-ethyl adjacent to an activating group) is 1. The zero-order chi connectivity index (χ0) is 28.8. The highest BCUT2D eigenvalue weighted by molar-refractivity contribution is 6.05. The molecule has 9 heteroatoms. The van der Waals surface area contributed by atoms with E-state index in [1.54, 1.807) is 68.6 Å². The number of nitrogens with zero attached hydrogens (tertiary/aromatic N) is 2. The van der Waals surface area contributed by atoms with Crippen LogP contribution in [-0.4, -0.2) is 80.6 Å². The molecule has 4 rings (SSSR count). The second-order valence-electron chi connectivity index (χ2n) is 11.0. The summed E-state index contributed by atoms with van der Waals surface area (Å²) in [6.45, 7) is 5.16. The molecule has 216 valence electrons. The third kappa shape index (κ3) is 6.75. The molecule has 0 radical (unpaired) electrons. The minimum Gasteiger partial charge on any atom is -0.497 e. The number of hydrogen-bond acceptors (Lipinski definition) is 6. The Morgan fingerprint density at radius 3 is 2.48 bits per heavy atom. The summed E-state index contributed by atoms with van der Waals surface area (Å²) in [5.74, 6) is 0.639. The quantitative estimate of drug-likeness (QED) is 0.589. The lowest BCUT2D eigenvalue weighted by molar-refractivity contribution is -0.139. The first-order chi connectivity index (χ1) is 19.2. The Balaban J connectivity index is 1.62. The van der Waals surface area contributed by atoms with Crippen molar-refractivity contribution in [3.63, 3.8) is 0 Å². The van der Waals surface area contributed by atoms with Gasteiger partial charge in [-0.25, -0.2) is 0 Å². The normalized spacial score (nSPS) is 22.5. The number of ether oxygens (including phenoxy) is 3. The maximum Gasteiger partial charge on any atom is 0.257 e. The number of hydrogen-bond donors (Lipinski definition) is 1. The molecule has 1 N–H and O–H groups in total. The molecule has 0 spiro atoms. The van der Waals surface area contributed by atoms with E-state index in [0.29, 0.717) is 41.4 Å². The maximum absolute atomic E-state index is 13.6. The van der Waals surface area contributed by atoms with Gasteiger partial charge in [0, 0.05) is 50.3 Å². The van der Waals surface area contributed by atoms with Gasteiger partial charge in [0.15, 0.2) is 0 Å². The largest absolute Gasteiger partial charge is 0.497 e. The Morgan fingerprint density at radius 2 is 1.77 bits per heavy atom. The van der Waals surface area contributed by atoms with Crippen LogP contribution in [0.1, 0.15) is 60.2 Å². The number of benzene rings is 2. The average Bonchev–Trinajstić information content (AvgIpc) is 3.51. The molecule has 3 atom stereocenters. The maximum atomic E-state index is 13.6. The van der Waals surface area contributed by atoms with Crippen LogP contribution in [0.5, 0.6) is 11.5 Å². The topological polar surface area (TPSA) is 97.4 Å². The van der Waals surface area contributed by atoms with Gasteiger partial charge in [-0.1, -0.05) is 25.8 Å². The molecule has 2 aromatic rings. The predicted octanol–water partition coefficient (Wildman–Crippen LogP) is 4.47. The summed E-state index contributed by atoms with van der Waals surface area (Å²) in [5.41, 5.74) is 1.23. The van der Waals surface area contributed by atoms with Crippen molar-refractivity contribution in [2.75, 3.05) is 46.3 Å². The second kappa shape index (κ2) is 13.2. The fourth-order valence-electron chi connectivity index (χ4n) is 5.54. The van der Waals surface area contributed by atoms with Crippen LogP contribution in [-0.2, 0) is 9.53 Å². The van der Waals surface area contributed by atoms with E-state index in [0.717, 1.165) is 25.7 Å². The van der Waals surface area contributed by atoms with Crippen molar-refractivity contribution in [3.8, 4) is 11.5 Å². The van der Waals surface area contributed by atoms with E-state index in [9.17, 15) is 14.4 Å². The van der Waals surface area contributed by atoms with Crippen LogP contribution >= 0.6 is 0 Å². The standard InChI is InChI=1S/C31H41N3O6/c1-20-17-34(30(36)22-9-6-7-10-22)21(2)19-40-27-14-13-24(16-26(27)31(37)33(3)18-28(20)39-5)32-29(35)23-11-8-12-25(15-23)38-4/h8,11-16,20-22,28H,6-7,9-10,17-19H2,1-5H3,(H,32,35)/t20-,21+,28-/m1/s1. The van der Waals surface area contributed by atoms with Crippen molar-refractivity contribution in [2.45, 2.75) is 51.7 Å². The van der Waals surface area contributed by atoms with E-state index in [2.05, 4.69) is 12.2 Å². The van der Waals surface area contributed by atoms with Gasteiger partial charge in [-0.3, -0.25) is 14.4 Å². The lowest BCUT2D eigenvalue weighted by Gasteiger charge is -2.37. The van der Waals surface area contributed by atoms with Crippen molar-refractivity contribution in [1.29, 1.82) is 0 Å². The van der Waals surface area contributed by atoms with Crippen molar-refractivity contribution in [3.05, 3.63) is 53.6 Å². The molecule has 1 aliphatic carbocycles. The van der Waals surface area contributed by atoms with E-state index in [-0.39, 0.29) is 48.3 Å². The number of fused-ring (bicyclic) bond motifs is 1. The second-order valence-corrected chi connectivity index (χ2v) is 11.0. The summed E-state index contributed by atoms with van der Waals surface area (Å²) in [4.78, 5) is 43.7. The van der Waals surface area contributed by atoms with Gasteiger partial charge in [0.05, 0.1) is 24.8 Å². The Bertz CT molecular complexity index is 1210. The lowest BCUT2D eigenvalue weighted by atomic mass is 9.99. The van der Waals surface area contributed by atoms with Gasteiger partial charge in [-0.05, 0) is 56.2 Å². The number of carbonyl (C=O) groups is 3. The molecule has 9 nitrogen and oxygen atoms in total. The highest BCUT2D eigenvalue weighted by atomic mass is 16.5. The van der Waals surface area contributed by atoms with Crippen molar-refractivity contribution >= 4 is 23.4 Å². The smallest absolute Gasteiger partial charge is 0.257 e. The minimum absolute atomic E-state index is 0.000404. The molecule has 2 aliphatic rings. The fourth-order valence-corrected chi connectivity index (χ4v) is 5.54. The highest BCUT2D eigenvalue weighted by Gasteiger charge is 2.34. The number of methoxy groups -OCH3 is 2. The summed E-state index contributed by atoms with van der Waals surface area (Å²) in [6.07, 6.45) is 3.76. The molecule has 0 unspecified atom stereocenters. The molecule has 3 amide bonds. The Morgan fingerprint density at radius 1 is 1.02 bits per heavy atom. The first-order valence-electron chi connectivity index (χ1n) is 14.0. The van der Waals surface area contributed by atoms with Gasteiger partial charge < -0.3 is 29.3 Å². The molecule has 1 saturated carbocycles. The molecular formula is C31H41N3O6. The lowest BCUT2D eigenvalue weighted by Crippen LogP contribution is -2.50. The molecule has 1 fully saturated rings. The van der Waals surface area contributed by atoms with E-state index >= 15 is 0 Å². The number of anilines is 1. The summed E-state index contributed by atoms with van der Waals surface area (Å²) in [7, 11) is 4.91. The molecular weight excluding hydrogens is 510 g/mol. The molecule has 1 heterocycles. The van der Waals surface area contributed by atoms with Crippen LogP contribution in [0.25, 0.3) is 0 Å². The van der Waals surface area contributed by atoms with Crippen molar-refractivity contribution < 1.29 is 28.6 Å². The summed E-state index contributed by atoms with van der Waals surface area (Å²) >= 11 is 0. The summed E-state index contributed by atoms with van der Waals surface area (Å²) in [6, 6.07) is 11.7. The predicted molar refractivity (Wildman–Crippen MR) is 153 cm³/mol. The highest BCUT2D eigenvalue weighted by Crippen LogP contribution is 2.30. The first kappa shape index (κ1) is 29.4. The molecule has 0 bridgehead atoms. The van der Waals surface area contributed by atoms with Gasteiger partial charge >= 0.3 is 0 Å². The number of carbonyl (C=O) groups excluding carboxylic acids is 3. The third-order valence-corrected chi connectivity index (χ3v) is 8.02. The van der Waals surface area contributed by atoms with Crippen LogP contribution in [0.2, 0.25) is 0 Å². The zero-order valence-electron chi connectivity index (χ0n) is 24.1. The van der Waals surface area contributed by atoms with Gasteiger partial charge in [0.1, 0.15) is 18.1 Å². The monoisotopic (exact) mass is 551 g/mol. The van der Waals surface area contributed by atoms with Crippen molar-refractivity contribution in [1.82, 2.24) is 9.80 Å². The number of amides is 3. The van der Waals surface area contributed by atoms with E-state index < -0.39 is 0 Å². The van der Waals surface area contributed by atoms with Crippen LogP contribution in [0, 0.1) is 11.8 Å². The first-order valence-corrected chi connectivity index (χ1v) is 14.0. The molecule has 0 saturated heterocycles. The molecule has 2 aromatic carbocycles. The Hall–Kier alpha value is -3.59. The molecule has 0 aromatic heterocycles.